The van der Waals surface area contributed by atoms with Crippen molar-refractivity contribution in [2.45, 2.75) is 24.0 Å². The van der Waals surface area contributed by atoms with Gasteiger partial charge >= 0.3 is 11.9 Å². The second kappa shape index (κ2) is 7.27. The molecule has 2 bridgehead atoms. The molecular weight excluding hydrogens is 404 g/mol. The Morgan fingerprint density at radius 2 is 0.938 bits per heavy atom. The van der Waals surface area contributed by atoms with Gasteiger partial charge in [-0.05, 0) is 46.5 Å². The van der Waals surface area contributed by atoms with Gasteiger partial charge in [0.25, 0.3) is 0 Å². The Labute approximate surface area is 184 Å². The number of hydrogen-bond acceptors (Lipinski definition) is 4. The molecule has 2 unspecified atom stereocenters. The fourth-order valence-electron chi connectivity index (χ4n) is 5.14. The van der Waals surface area contributed by atoms with E-state index in [1.54, 1.807) is 36.7 Å². The van der Waals surface area contributed by atoms with E-state index >= 15 is 0 Å². The largest absolute Gasteiger partial charge is 0.453 e. The Balaban J connectivity index is 1.47. The van der Waals surface area contributed by atoms with E-state index < -0.39 is 24.1 Å². The van der Waals surface area contributed by atoms with Crippen molar-refractivity contribution in [3.63, 3.8) is 0 Å². The van der Waals surface area contributed by atoms with Crippen LogP contribution in [0.25, 0.3) is 0 Å². The van der Waals surface area contributed by atoms with Crippen molar-refractivity contribution in [2.24, 2.45) is 0 Å². The summed E-state index contributed by atoms with van der Waals surface area (Å²) in [7, 11) is 0. The number of ether oxygens (including phenoxy) is 2. The summed E-state index contributed by atoms with van der Waals surface area (Å²) in [5.41, 5.74) is 5.14. The normalized spacial score (nSPS) is 22.6. The number of esters is 2. The molecule has 2 heterocycles. The molecule has 0 amide bonds. The van der Waals surface area contributed by atoms with Gasteiger partial charge in [0, 0.05) is 12.4 Å². The predicted molar refractivity (Wildman–Crippen MR) is 117 cm³/mol. The molecule has 6 nitrogen and oxygen atoms in total. The van der Waals surface area contributed by atoms with E-state index in [1.807, 2.05) is 24.3 Å². The maximum atomic E-state index is 12.9. The number of aromatic nitrogens is 2. The summed E-state index contributed by atoms with van der Waals surface area (Å²) in [6, 6.07) is 23.1. The van der Waals surface area contributed by atoms with E-state index in [1.165, 1.54) is 0 Å². The van der Waals surface area contributed by atoms with Gasteiger partial charge in [-0.2, -0.15) is 0 Å². The van der Waals surface area contributed by atoms with Crippen LogP contribution in [0.3, 0.4) is 0 Å². The molecular formula is C26H20N2O4. The molecule has 0 fully saturated rings. The molecule has 2 N–H and O–H groups in total. The van der Waals surface area contributed by atoms with Crippen LogP contribution in [0.2, 0.25) is 0 Å². The third-order valence-electron chi connectivity index (χ3n) is 6.44. The maximum absolute atomic E-state index is 12.9. The molecule has 0 spiro atoms. The van der Waals surface area contributed by atoms with Gasteiger partial charge in [-0.25, -0.2) is 9.59 Å². The van der Waals surface area contributed by atoms with E-state index in [2.05, 4.69) is 34.2 Å². The van der Waals surface area contributed by atoms with Crippen molar-refractivity contribution < 1.29 is 19.1 Å². The average Bonchev–Trinajstić information content (AvgIpc) is 3.55. The van der Waals surface area contributed by atoms with Crippen LogP contribution in [0.15, 0.2) is 85.2 Å². The van der Waals surface area contributed by atoms with Crippen LogP contribution in [-0.4, -0.2) is 34.1 Å². The molecule has 32 heavy (non-hydrogen) atoms. The van der Waals surface area contributed by atoms with Gasteiger partial charge < -0.3 is 19.4 Å². The van der Waals surface area contributed by atoms with Crippen LogP contribution in [-0.2, 0) is 9.47 Å². The first-order valence-corrected chi connectivity index (χ1v) is 10.6. The number of fused-ring (bicyclic) bond motifs is 1. The summed E-state index contributed by atoms with van der Waals surface area (Å²) in [5.74, 6) is -1.40. The van der Waals surface area contributed by atoms with Crippen molar-refractivity contribution in [1.29, 1.82) is 0 Å². The summed E-state index contributed by atoms with van der Waals surface area (Å²) in [5, 5.41) is 0. The molecule has 2 atom stereocenters. The highest BCUT2D eigenvalue weighted by Crippen LogP contribution is 2.54. The van der Waals surface area contributed by atoms with E-state index in [0.717, 1.165) is 22.3 Å². The van der Waals surface area contributed by atoms with Crippen LogP contribution in [0, 0.1) is 0 Å². The smallest absolute Gasteiger partial charge is 0.355 e. The molecule has 0 aliphatic heterocycles. The molecule has 6 heteroatoms. The number of carbonyl (C=O) groups excluding carboxylic acids is 2. The van der Waals surface area contributed by atoms with Crippen molar-refractivity contribution in [3.8, 4) is 0 Å². The number of rotatable bonds is 4. The Hall–Kier alpha value is -4.06. The second-order valence-corrected chi connectivity index (χ2v) is 8.12. The summed E-state index contributed by atoms with van der Waals surface area (Å²) >= 11 is 0. The van der Waals surface area contributed by atoms with Crippen molar-refractivity contribution in [2.75, 3.05) is 0 Å². The Kier molecular flexibility index (Phi) is 4.24. The Morgan fingerprint density at radius 3 is 1.25 bits per heavy atom. The van der Waals surface area contributed by atoms with Gasteiger partial charge in [0.2, 0.25) is 0 Å². The lowest BCUT2D eigenvalue weighted by atomic mass is 9.61. The highest BCUT2D eigenvalue weighted by molar-refractivity contribution is 5.89. The number of benzene rings is 2. The Morgan fingerprint density at radius 1 is 0.562 bits per heavy atom. The first kappa shape index (κ1) is 18.7. The van der Waals surface area contributed by atoms with Crippen LogP contribution >= 0.6 is 0 Å². The molecule has 7 rings (SSSR count). The molecule has 2 aromatic heterocycles. The molecule has 4 aromatic rings. The van der Waals surface area contributed by atoms with Gasteiger partial charge in [-0.15, -0.1) is 0 Å². The summed E-state index contributed by atoms with van der Waals surface area (Å²) in [6.45, 7) is 0. The van der Waals surface area contributed by atoms with E-state index in [0.29, 0.717) is 11.4 Å². The number of aromatic amines is 2. The zero-order valence-corrected chi connectivity index (χ0v) is 17.0. The number of hydrogen-bond donors (Lipinski definition) is 2. The summed E-state index contributed by atoms with van der Waals surface area (Å²) in [4.78, 5) is 31.7. The zero-order valence-electron chi connectivity index (χ0n) is 17.0. The second-order valence-electron chi connectivity index (χ2n) is 8.12. The van der Waals surface area contributed by atoms with Crippen molar-refractivity contribution >= 4 is 11.9 Å². The molecule has 2 aromatic carbocycles. The lowest BCUT2D eigenvalue weighted by Crippen LogP contribution is -2.51. The first-order chi connectivity index (χ1) is 15.7. The van der Waals surface area contributed by atoms with Gasteiger partial charge in [-0.3, -0.25) is 0 Å². The van der Waals surface area contributed by atoms with Crippen molar-refractivity contribution in [3.05, 3.63) is 119 Å². The molecule has 158 valence electrons. The minimum absolute atomic E-state index is 0.229. The zero-order chi connectivity index (χ0) is 21.7. The van der Waals surface area contributed by atoms with E-state index in [-0.39, 0.29) is 11.8 Å². The molecule has 3 aliphatic rings. The van der Waals surface area contributed by atoms with Gasteiger partial charge in [0.15, 0.2) is 12.2 Å². The van der Waals surface area contributed by atoms with Crippen LogP contribution in [0.1, 0.15) is 55.1 Å². The number of nitrogens with one attached hydrogen (secondary N) is 2. The van der Waals surface area contributed by atoms with Crippen LogP contribution in [0.4, 0.5) is 0 Å². The average molecular weight is 424 g/mol. The van der Waals surface area contributed by atoms with Crippen LogP contribution in [0.5, 0.6) is 0 Å². The predicted octanol–water partition coefficient (Wildman–Crippen LogP) is 4.38. The third kappa shape index (κ3) is 2.80. The minimum Gasteiger partial charge on any atom is -0.453 e. The standard InChI is InChI=1S/C26H20N2O4/c29-25(19-11-5-13-27-19)31-23-21-15-7-1-2-8-16(15)22(18-10-4-3-9-17(18)21)24(23)32-26(30)20-12-6-14-28-20/h1-14,21-24,27-28H/t21-,22-,23?,24?. The van der Waals surface area contributed by atoms with E-state index in [9.17, 15) is 9.59 Å². The third-order valence-corrected chi connectivity index (χ3v) is 6.44. The quantitative estimate of drug-likeness (QED) is 0.476. The highest BCUT2D eigenvalue weighted by atomic mass is 16.6. The van der Waals surface area contributed by atoms with Gasteiger partial charge in [0.1, 0.15) is 11.4 Å². The van der Waals surface area contributed by atoms with E-state index in [4.69, 9.17) is 9.47 Å². The highest BCUT2D eigenvalue weighted by Gasteiger charge is 2.53. The topological polar surface area (TPSA) is 84.2 Å². The summed E-state index contributed by atoms with van der Waals surface area (Å²) in [6.07, 6.45) is 2.05. The Bertz CT molecular complexity index is 1150. The maximum Gasteiger partial charge on any atom is 0.355 e. The molecule has 0 saturated heterocycles. The lowest BCUT2D eigenvalue weighted by molar-refractivity contribution is -0.0562. The minimum atomic E-state index is -0.653. The molecule has 0 radical (unpaired) electrons. The lowest BCUT2D eigenvalue weighted by Gasteiger charge is -2.48. The SMILES string of the molecule is O=C(OC1C(OC(=O)c2ccc[nH]2)[C@H]2c3ccccc3[C@H]1c1ccccc12)c1ccc[nH]1. The molecule has 3 aliphatic carbocycles. The number of H-pyrrole nitrogens is 2. The van der Waals surface area contributed by atoms with Crippen molar-refractivity contribution in [1.82, 2.24) is 9.97 Å². The van der Waals surface area contributed by atoms with Gasteiger partial charge in [0.05, 0.1) is 11.8 Å². The first-order valence-electron chi connectivity index (χ1n) is 10.6. The molecule has 0 saturated carbocycles. The monoisotopic (exact) mass is 424 g/mol. The van der Waals surface area contributed by atoms with Crippen LogP contribution < -0.4 is 0 Å². The number of carbonyl (C=O) groups is 2. The fraction of sp³-hybridized carbons (Fsp3) is 0.154. The summed E-state index contributed by atoms with van der Waals surface area (Å²) < 4.78 is 12.1. The van der Waals surface area contributed by atoms with Gasteiger partial charge in [-0.1, -0.05) is 48.5 Å². The fourth-order valence-corrected chi connectivity index (χ4v) is 5.14.